The number of nitrogens with two attached hydrogens (primary N) is 1. The van der Waals surface area contributed by atoms with E-state index in [9.17, 15) is 0 Å². The van der Waals surface area contributed by atoms with Gasteiger partial charge in [0.05, 0.1) is 0 Å². The summed E-state index contributed by atoms with van der Waals surface area (Å²) in [7, 11) is 2.10. The number of nitrogens with zero attached hydrogens (tertiary/aromatic N) is 1. The highest BCUT2D eigenvalue weighted by atomic mass is 16.3. The molecule has 13 heavy (non-hydrogen) atoms. The summed E-state index contributed by atoms with van der Waals surface area (Å²) in [4.78, 5) is 2.27. The van der Waals surface area contributed by atoms with Crippen LogP contribution in [0.4, 0.5) is 0 Å². The fraction of sp³-hybridized carbons (Fsp3) is 1.00. The summed E-state index contributed by atoms with van der Waals surface area (Å²) in [5, 5.41) is 9.14. The Balaban J connectivity index is 3.85. The zero-order chi connectivity index (χ0) is 10.5. The zero-order valence-electron chi connectivity index (χ0n) is 9.38. The van der Waals surface area contributed by atoms with Gasteiger partial charge in [-0.3, -0.25) is 0 Å². The second-order valence-electron chi connectivity index (χ2n) is 4.50. The number of hydrogen-bond acceptors (Lipinski definition) is 3. The molecular formula is C10H24N2O. The maximum atomic E-state index is 9.14. The van der Waals surface area contributed by atoms with E-state index in [4.69, 9.17) is 10.8 Å². The van der Waals surface area contributed by atoms with E-state index in [1.165, 1.54) is 0 Å². The van der Waals surface area contributed by atoms with E-state index in [0.29, 0.717) is 12.6 Å². The van der Waals surface area contributed by atoms with Gasteiger partial charge in [-0.25, -0.2) is 0 Å². The number of hydrogen-bond donors (Lipinski definition) is 2. The molecule has 1 unspecified atom stereocenters. The summed E-state index contributed by atoms with van der Waals surface area (Å²) in [6.45, 7) is 8.08. The highest BCUT2D eigenvalue weighted by Crippen LogP contribution is 2.19. The first-order valence-electron chi connectivity index (χ1n) is 4.96. The van der Waals surface area contributed by atoms with Crippen LogP contribution < -0.4 is 5.73 Å². The first kappa shape index (κ1) is 12.9. The molecule has 0 bridgehead atoms. The van der Waals surface area contributed by atoms with Crippen molar-refractivity contribution in [3.63, 3.8) is 0 Å². The van der Waals surface area contributed by atoms with Crippen molar-refractivity contribution >= 4 is 0 Å². The van der Waals surface area contributed by atoms with Gasteiger partial charge >= 0.3 is 0 Å². The Morgan fingerprint density at radius 3 is 2.31 bits per heavy atom. The predicted molar refractivity (Wildman–Crippen MR) is 56.6 cm³/mol. The van der Waals surface area contributed by atoms with Gasteiger partial charge in [-0.15, -0.1) is 0 Å². The minimum absolute atomic E-state index is 0.108. The Hall–Kier alpha value is -0.120. The van der Waals surface area contributed by atoms with Crippen LogP contribution in [0.2, 0.25) is 0 Å². The minimum atomic E-state index is -0.108. The minimum Gasteiger partial charge on any atom is -0.396 e. The van der Waals surface area contributed by atoms with E-state index in [1.54, 1.807) is 0 Å². The van der Waals surface area contributed by atoms with Crippen molar-refractivity contribution in [2.45, 2.75) is 33.2 Å². The van der Waals surface area contributed by atoms with E-state index in [2.05, 4.69) is 25.8 Å². The summed E-state index contributed by atoms with van der Waals surface area (Å²) in [6.07, 6.45) is 0.953. The van der Waals surface area contributed by atoms with Crippen molar-refractivity contribution in [1.29, 1.82) is 0 Å². The van der Waals surface area contributed by atoms with Crippen LogP contribution in [0.1, 0.15) is 27.2 Å². The molecule has 0 aromatic rings. The fourth-order valence-corrected chi connectivity index (χ4v) is 0.950. The molecule has 0 saturated carbocycles. The van der Waals surface area contributed by atoms with E-state index in [0.717, 1.165) is 13.0 Å². The largest absolute Gasteiger partial charge is 0.396 e. The molecule has 0 aliphatic heterocycles. The van der Waals surface area contributed by atoms with E-state index in [-0.39, 0.29) is 12.0 Å². The predicted octanol–water partition coefficient (Wildman–Crippen LogP) is 0.674. The molecule has 0 aliphatic rings. The van der Waals surface area contributed by atoms with Crippen LogP contribution in [0.5, 0.6) is 0 Å². The van der Waals surface area contributed by atoms with Gasteiger partial charge in [0.15, 0.2) is 0 Å². The summed E-state index contributed by atoms with van der Waals surface area (Å²) < 4.78 is 0. The lowest BCUT2D eigenvalue weighted by Crippen LogP contribution is -2.36. The Kier molecular flexibility index (Phi) is 5.53. The van der Waals surface area contributed by atoms with Crippen molar-refractivity contribution in [3.8, 4) is 0 Å². The third-order valence-corrected chi connectivity index (χ3v) is 2.82. The van der Waals surface area contributed by atoms with Gasteiger partial charge in [-0.05, 0) is 40.4 Å². The normalized spacial score (nSPS) is 16.6. The van der Waals surface area contributed by atoms with Crippen molar-refractivity contribution < 1.29 is 5.11 Å². The average molecular weight is 188 g/mol. The van der Waals surface area contributed by atoms with Crippen LogP contribution in [-0.2, 0) is 0 Å². The third-order valence-electron chi connectivity index (χ3n) is 2.82. The molecule has 3 nitrogen and oxygen atoms in total. The standard InChI is InChI=1S/C10H24N2O/c1-9(2)12(4)6-5-10(3,7-11)8-13/h9,13H,5-8,11H2,1-4H3. The van der Waals surface area contributed by atoms with Gasteiger partial charge in [0.2, 0.25) is 0 Å². The van der Waals surface area contributed by atoms with Crippen molar-refractivity contribution in [2.75, 3.05) is 26.7 Å². The van der Waals surface area contributed by atoms with Crippen LogP contribution in [0.25, 0.3) is 0 Å². The van der Waals surface area contributed by atoms with Crippen LogP contribution in [-0.4, -0.2) is 42.8 Å². The Morgan fingerprint density at radius 2 is 2.00 bits per heavy atom. The smallest absolute Gasteiger partial charge is 0.0497 e. The molecule has 1 atom stereocenters. The highest BCUT2D eigenvalue weighted by molar-refractivity contribution is 4.75. The average Bonchev–Trinajstić information content (AvgIpc) is 2.13. The van der Waals surface area contributed by atoms with Crippen LogP contribution >= 0.6 is 0 Å². The molecule has 3 heteroatoms. The number of aliphatic hydroxyl groups is 1. The quantitative estimate of drug-likeness (QED) is 0.644. The maximum absolute atomic E-state index is 9.14. The van der Waals surface area contributed by atoms with E-state index in [1.807, 2.05) is 6.92 Å². The maximum Gasteiger partial charge on any atom is 0.0497 e. The summed E-state index contributed by atoms with van der Waals surface area (Å²) >= 11 is 0. The molecule has 3 N–H and O–H groups in total. The second kappa shape index (κ2) is 5.58. The lowest BCUT2D eigenvalue weighted by Gasteiger charge is -2.29. The first-order valence-corrected chi connectivity index (χ1v) is 4.96. The molecule has 80 valence electrons. The van der Waals surface area contributed by atoms with Crippen molar-refractivity contribution in [1.82, 2.24) is 4.90 Å². The summed E-state index contributed by atoms with van der Waals surface area (Å²) in [5.74, 6) is 0. The van der Waals surface area contributed by atoms with Gasteiger partial charge in [-0.1, -0.05) is 6.92 Å². The Bertz CT molecular complexity index is 133. The highest BCUT2D eigenvalue weighted by Gasteiger charge is 2.21. The first-order chi connectivity index (χ1) is 5.95. The molecule has 0 rings (SSSR count). The molecule has 0 aromatic heterocycles. The zero-order valence-corrected chi connectivity index (χ0v) is 9.38. The van der Waals surface area contributed by atoms with Crippen LogP contribution in [0.15, 0.2) is 0 Å². The molecule has 0 fully saturated rings. The van der Waals surface area contributed by atoms with Gasteiger partial charge < -0.3 is 15.7 Å². The lowest BCUT2D eigenvalue weighted by molar-refractivity contribution is 0.120. The van der Waals surface area contributed by atoms with E-state index >= 15 is 0 Å². The molecule has 0 saturated heterocycles. The third kappa shape index (κ3) is 4.60. The summed E-state index contributed by atoms with van der Waals surface area (Å²) in [5.41, 5.74) is 5.49. The fourth-order valence-electron chi connectivity index (χ4n) is 0.950. The topological polar surface area (TPSA) is 49.5 Å². The molecule has 0 aromatic carbocycles. The number of rotatable bonds is 6. The molecule has 0 amide bonds. The second-order valence-corrected chi connectivity index (χ2v) is 4.50. The van der Waals surface area contributed by atoms with Gasteiger partial charge in [0, 0.05) is 18.1 Å². The van der Waals surface area contributed by atoms with Gasteiger partial charge in [0.1, 0.15) is 0 Å². The molecule has 0 radical (unpaired) electrons. The Labute approximate surface area is 81.9 Å². The SMILES string of the molecule is CC(C)N(C)CCC(C)(CN)CO. The Morgan fingerprint density at radius 1 is 1.46 bits per heavy atom. The molecule has 0 heterocycles. The molecular weight excluding hydrogens is 164 g/mol. The van der Waals surface area contributed by atoms with Gasteiger partial charge in [0.25, 0.3) is 0 Å². The summed E-state index contributed by atoms with van der Waals surface area (Å²) in [6, 6.07) is 0.556. The van der Waals surface area contributed by atoms with Crippen LogP contribution in [0, 0.1) is 5.41 Å². The van der Waals surface area contributed by atoms with Crippen LogP contribution in [0.3, 0.4) is 0 Å². The molecule has 0 spiro atoms. The lowest BCUT2D eigenvalue weighted by atomic mass is 9.88. The number of aliphatic hydroxyl groups excluding tert-OH is 1. The van der Waals surface area contributed by atoms with Crippen molar-refractivity contribution in [2.24, 2.45) is 11.1 Å². The molecule has 0 aliphatic carbocycles. The monoisotopic (exact) mass is 188 g/mol. The van der Waals surface area contributed by atoms with E-state index < -0.39 is 0 Å². The van der Waals surface area contributed by atoms with Gasteiger partial charge in [-0.2, -0.15) is 0 Å². The van der Waals surface area contributed by atoms with Crippen molar-refractivity contribution in [3.05, 3.63) is 0 Å².